The van der Waals surface area contributed by atoms with Gasteiger partial charge in [-0.25, -0.2) is 0 Å². The smallest absolute Gasteiger partial charge is 0.306 e. The second kappa shape index (κ2) is 11.3. The third-order valence-corrected chi connectivity index (χ3v) is 3.03. The molecule has 0 aromatic carbocycles. The molecule has 0 N–H and O–H groups in total. The quantitative estimate of drug-likeness (QED) is 0.419. The Labute approximate surface area is 127 Å². The summed E-state index contributed by atoms with van der Waals surface area (Å²) in [4.78, 5) is 27.2. The Bertz CT molecular complexity index is 345. The number of methoxy groups -OCH3 is 2. The van der Waals surface area contributed by atoms with Crippen LogP contribution in [0.4, 0.5) is 0 Å². The second-order valence-electron chi connectivity index (χ2n) is 4.96. The Morgan fingerprint density at radius 1 is 1.14 bits per heavy atom. The van der Waals surface area contributed by atoms with Crippen molar-refractivity contribution in [3.8, 4) is 0 Å². The molecule has 21 heavy (non-hydrogen) atoms. The molecule has 0 aliphatic heterocycles. The first-order chi connectivity index (χ1) is 9.94. The van der Waals surface area contributed by atoms with E-state index in [-0.39, 0.29) is 24.8 Å². The lowest BCUT2D eigenvalue weighted by Crippen LogP contribution is -2.42. The molecule has 0 spiro atoms. The molecule has 0 atom stereocenters. The van der Waals surface area contributed by atoms with Gasteiger partial charge in [0, 0.05) is 33.3 Å². The predicted molar refractivity (Wildman–Crippen MR) is 82.0 cm³/mol. The van der Waals surface area contributed by atoms with E-state index in [0.717, 1.165) is 5.57 Å². The molecule has 0 rings (SSSR count). The van der Waals surface area contributed by atoms with Crippen molar-refractivity contribution in [3.05, 3.63) is 12.2 Å². The highest BCUT2D eigenvalue weighted by Crippen LogP contribution is 2.01. The van der Waals surface area contributed by atoms with Gasteiger partial charge in [0.15, 0.2) is 0 Å². The fourth-order valence-electron chi connectivity index (χ4n) is 1.84. The van der Waals surface area contributed by atoms with Crippen LogP contribution in [0.25, 0.3) is 0 Å². The fraction of sp³-hybridized carbons (Fsp3) is 0.733. The number of rotatable bonds is 11. The molecule has 0 aliphatic carbocycles. The molecule has 122 valence electrons. The Morgan fingerprint density at radius 2 is 1.81 bits per heavy atom. The average molecular weight is 300 g/mol. The molecule has 6 heteroatoms. The minimum Gasteiger partial charge on any atom is -0.469 e. The van der Waals surface area contributed by atoms with E-state index in [9.17, 15) is 9.59 Å². The van der Waals surface area contributed by atoms with E-state index in [2.05, 4.69) is 11.3 Å². The maximum Gasteiger partial charge on any atom is 0.306 e. The van der Waals surface area contributed by atoms with Crippen molar-refractivity contribution in [1.82, 2.24) is 9.80 Å². The first-order valence-electron chi connectivity index (χ1n) is 7.14. The third kappa shape index (κ3) is 9.20. The minimum atomic E-state index is -0.279. The first-order valence-corrected chi connectivity index (χ1v) is 7.14. The van der Waals surface area contributed by atoms with Crippen LogP contribution < -0.4 is 0 Å². The number of ether oxygens (including phenoxy) is 2. The highest BCUT2D eigenvalue weighted by molar-refractivity contribution is 5.78. The van der Waals surface area contributed by atoms with Gasteiger partial charge in [0.25, 0.3) is 0 Å². The van der Waals surface area contributed by atoms with E-state index in [4.69, 9.17) is 4.74 Å². The van der Waals surface area contributed by atoms with E-state index in [1.54, 1.807) is 12.0 Å². The molecular weight excluding hydrogens is 272 g/mol. The summed E-state index contributed by atoms with van der Waals surface area (Å²) in [5.41, 5.74) is 0.947. The summed E-state index contributed by atoms with van der Waals surface area (Å²) in [6, 6.07) is 0. The van der Waals surface area contributed by atoms with Gasteiger partial charge in [-0.15, -0.1) is 0 Å². The summed E-state index contributed by atoms with van der Waals surface area (Å²) < 4.78 is 9.67. The summed E-state index contributed by atoms with van der Waals surface area (Å²) in [5, 5.41) is 0. The van der Waals surface area contributed by atoms with Crippen LogP contribution in [0.2, 0.25) is 0 Å². The van der Waals surface area contributed by atoms with E-state index in [0.29, 0.717) is 32.8 Å². The summed E-state index contributed by atoms with van der Waals surface area (Å²) in [5.74, 6) is -0.249. The van der Waals surface area contributed by atoms with Gasteiger partial charge in [-0.1, -0.05) is 12.2 Å². The highest BCUT2D eigenvalue weighted by Gasteiger charge is 2.17. The Morgan fingerprint density at radius 3 is 2.29 bits per heavy atom. The largest absolute Gasteiger partial charge is 0.469 e. The monoisotopic (exact) mass is 300 g/mol. The highest BCUT2D eigenvalue weighted by atomic mass is 16.5. The lowest BCUT2D eigenvalue weighted by molar-refractivity contribution is -0.141. The number of esters is 1. The minimum absolute atomic E-state index is 0.0291. The van der Waals surface area contributed by atoms with Crippen LogP contribution in [0.1, 0.15) is 20.3 Å². The van der Waals surface area contributed by atoms with Crippen molar-refractivity contribution < 1.29 is 19.1 Å². The molecular formula is C15H28N2O4. The van der Waals surface area contributed by atoms with Crippen LogP contribution in [0.15, 0.2) is 12.2 Å². The van der Waals surface area contributed by atoms with Crippen LogP contribution in [0.3, 0.4) is 0 Å². The number of amides is 1. The number of carbonyl (C=O) groups excluding carboxylic acids is 2. The standard InChI is InChI=1S/C15H28N2O4/c1-6-17(11-13(2)3)14(18)12-16(9-10-20-4)8-7-15(19)21-5/h2,6-12H2,1,3-5H3. The number of hydrogen-bond acceptors (Lipinski definition) is 5. The van der Waals surface area contributed by atoms with Crippen molar-refractivity contribution >= 4 is 11.9 Å². The topological polar surface area (TPSA) is 59.1 Å². The Kier molecular flexibility index (Phi) is 10.5. The molecule has 0 radical (unpaired) electrons. The van der Waals surface area contributed by atoms with Gasteiger partial charge in [-0.05, 0) is 13.8 Å². The van der Waals surface area contributed by atoms with Gasteiger partial charge in [-0.3, -0.25) is 14.5 Å². The molecule has 0 aromatic heterocycles. The average Bonchev–Trinajstić information content (AvgIpc) is 2.46. The number of carbonyl (C=O) groups is 2. The van der Waals surface area contributed by atoms with Crippen LogP contribution in [0.5, 0.6) is 0 Å². The van der Waals surface area contributed by atoms with Gasteiger partial charge in [0.1, 0.15) is 0 Å². The maximum atomic E-state index is 12.3. The molecule has 0 saturated heterocycles. The van der Waals surface area contributed by atoms with Gasteiger partial charge in [0.05, 0.1) is 26.7 Å². The summed E-state index contributed by atoms with van der Waals surface area (Å²) in [7, 11) is 2.97. The molecule has 6 nitrogen and oxygen atoms in total. The zero-order valence-corrected chi connectivity index (χ0v) is 13.7. The van der Waals surface area contributed by atoms with Crippen molar-refractivity contribution in [2.45, 2.75) is 20.3 Å². The van der Waals surface area contributed by atoms with Crippen LogP contribution in [0, 0.1) is 0 Å². The van der Waals surface area contributed by atoms with Crippen molar-refractivity contribution in [1.29, 1.82) is 0 Å². The molecule has 0 bridgehead atoms. The lowest BCUT2D eigenvalue weighted by atomic mass is 10.3. The Hall–Kier alpha value is -1.40. The summed E-state index contributed by atoms with van der Waals surface area (Å²) in [6.45, 7) is 10.7. The fourth-order valence-corrected chi connectivity index (χ4v) is 1.84. The predicted octanol–water partition coefficient (Wildman–Crippen LogP) is 0.923. The van der Waals surface area contributed by atoms with Gasteiger partial charge >= 0.3 is 5.97 Å². The van der Waals surface area contributed by atoms with E-state index < -0.39 is 0 Å². The normalized spacial score (nSPS) is 10.5. The van der Waals surface area contributed by atoms with E-state index >= 15 is 0 Å². The molecule has 0 unspecified atom stereocenters. The molecule has 1 amide bonds. The van der Waals surface area contributed by atoms with Crippen LogP contribution >= 0.6 is 0 Å². The molecule has 0 heterocycles. The first kappa shape index (κ1) is 19.6. The third-order valence-electron chi connectivity index (χ3n) is 3.03. The van der Waals surface area contributed by atoms with Crippen molar-refractivity contribution in [2.24, 2.45) is 0 Å². The van der Waals surface area contributed by atoms with E-state index in [1.807, 2.05) is 18.7 Å². The molecule has 0 saturated carbocycles. The van der Waals surface area contributed by atoms with Gasteiger partial charge < -0.3 is 14.4 Å². The van der Waals surface area contributed by atoms with E-state index in [1.165, 1.54) is 7.11 Å². The zero-order chi connectivity index (χ0) is 16.3. The molecule has 0 fully saturated rings. The second-order valence-corrected chi connectivity index (χ2v) is 4.96. The van der Waals surface area contributed by atoms with Crippen LogP contribution in [-0.4, -0.2) is 75.2 Å². The molecule has 0 aromatic rings. The summed E-state index contributed by atoms with van der Waals surface area (Å²) in [6.07, 6.45) is 0.264. The number of likely N-dealkylation sites (N-methyl/N-ethyl adjacent to an activating group) is 1. The SMILES string of the molecule is C=C(C)CN(CC)C(=O)CN(CCOC)CCC(=O)OC. The Balaban J connectivity index is 4.50. The number of nitrogens with zero attached hydrogens (tertiary/aromatic N) is 2. The van der Waals surface area contributed by atoms with Gasteiger partial charge in [-0.2, -0.15) is 0 Å². The van der Waals surface area contributed by atoms with Gasteiger partial charge in [0.2, 0.25) is 5.91 Å². The van der Waals surface area contributed by atoms with Crippen LogP contribution in [-0.2, 0) is 19.1 Å². The summed E-state index contributed by atoms with van der Waals surface area (Å²) >= 11 is 0. The lowest BCUT2D eigenvalue weighted by Gasteiger charge is -2.26. The van der Waals surface area contributed by atoms with Crippen molar-refractivity contribution in [2.75, 3.05) is 53.6 Å². The van der Waals surface area contributed by atoms with Crippen molar-refractivity contribution in [3.63, 3.8) is 0 Å². The molecule has 0 aliphatic rings. The number of hydrogen-bond donors (Lipinski definition) is 0. The maximum absolute atomic E-state index is 12.3. The zero-order valence-electron chi connectivity index (χ0n) is 13.7.